The monoisotopic (exact) mass is 423 g/mol. The lowest BCUT2D eigenvalue weighted by atomic mass is 9.98. The first-order chi connectivity index (χ1) is 14.6. The van der Waals surface area contributed by atoms with E-state index < -0.39 is 0 Å². The molecule has 1 aromatic carbocycles. The zero-order valence-electron chi connectivity index (χ0n) is 17.1. The molecule has 7 heteroatoms. The second-order valence-corrected chi connectivity index (χ2v) is 9.13. The van der Waals surface area contributed by atoms with Gasteiger partial charge in [-0.25, -0.2) is 0 Å². The normalized spacial score (nSPS) is 18.7. The van der Waals surface area contributed by atoms with E-state index in [0.29, 0.717) is 26.3 Å². The zero-order chi connectivity index (χ0) is 20.7. The van der Waals surface area contributed by atoms with E-state index in [4.69, 9.17) is 9.73 Å². The van der Waals surface area contributed by atoms with Crippen LogP contribution in [0.1, 0.15) is 33.6 Å². The number of hydrogen-bond acceptors (Lipinski definition) is 5. The van der Waals surface area contributed by atoms with Crippen molar-refractivity contribution in [3.63, 3.8) is 0 Å². The Bertz CT molecular complexity index is 1020. The average molecular weight is 424 g/mol. The first-order valence-electron chi connectivity index (χ1n) is 10.5. The molecule has 0 atom stereocenters. The van der Waals surface area contributed by atoms with Crippen LogP contribution in [-0.4, -0.2) is 61.8 Å². The van der Waals surface area contributed by atoms with Crippen molar-refractivity contribution in [3.8, 4) is 0 Å². The molecule has 0 bridgehead atoms. The molecule has 2 amide bonds. The Morgan fingerprint density at radius 3 is 2.70 bits per heavy atom. The summed E-state index contributed by atoms with van der Waals surface area (Å²) in [6.07, 6.45) is 3.18. The third kappa shape index (κ3) is 3.46. The SMILES string of the molecule is Cc1ccc(C2=NCC(=O)N(CC(=O)N3CCOCC3)c3sc4c(c32)CCC4)cc1. The summed E-state index contributed by atoms with van der Waals surface area (Å²) < 4.78 is 5.36. The van der Waals surface area contributed by atoms with Gasteiger partial charge in [0.25, 0.3) is 0 Å². The Morgan fingerprint density at radius 1 is 1.17 bits per heavy atom. The maximum atomic E-state index is 13.1. The van der Waals surface area contributed by atoms with Crippen LogP contribution in [0.3, 0.4) is 0 Å². The molecular weight excluding hydrogens is 398 g/mol. The van der Waals surface area contributed by atoms with Crippen molar-refractivity contribution in [3.05, 3.63) is 51.4 Å². The number of morpholine rings is 1. The van der Waals surface area contributed by atoms with Crippen molar-refractivity contribution in [2.45, 2.75) is 26.2 Å². The predicted molar refractivity (Wildman–Crippen MR) is 118 cm³/mol. The summed E-state index contributed by atoms with van der Waals surface area (Å²) >= 11 is 1.67. The number of aliphatic imine (C=N–C) groups is 1. The van der Waals surface area contributed by atoms with E-state index in [1.165, 1.54) is 16.0 Å². The van der Waals surface area contributed by atoms with E-state index >= 15 is 0 Å². The van der Waals surface area contributed by atoms with Gasteiger partial charge >= 0.3 is 0 Å². The van der Waals surface area contributed by atoms with Gasteiger partial charge < -0.3 is 9.64 Å². The molecule has 156 valence electrons. The topological polar surface area (TPSA) is 62.2 Å². The van der Waals surface area contributed by atoms with Crippen molar-refractivity contribution >= 4 is 33.9 Å². The summed E-state index contributed by atoms with van der Waals surface area (Å²) in [7, 11) is 0. The lowest BCUT2D eigenvalue weighted by Crippen LogP contribution is -2.47. The quantitative estimate of drug-likeness (QED) is 0.762. The Balaban J connectivity index is 1.54. The predicted octanol–water partition coefficient (Wildman–Crippen LogP) is 2.59. The first kappa shape index (κ1) is 19.5. The van der Waals surface area contributed by atoms with Crippen molar-refractivity contribution in [2.24, 2.45) is 4.99 Å². The molecule has 0 spiro atoms. The van der Waals surface area contributed by atoms with Gasteiger partial charge in [0.2, 0.25) is 11.8 Å². The molecule has 30 heavy (non-hydrogen) atoms. The van der Waals surface area contributed by atoms with E-state index in [9.17, 15) is 9.59 Å². The maximum Gasteiger partial charge on any atom is 0.249 e. The summed E-state index contributed by atoms with van der Waals surface area (Å²) in [5.41, 5.74) is 5.49. The average Bonchev–Trinajstić information content (AvgIpc) is 3.32. The second kappa shape index (κ2) is 7.96. The van der Waals surface area contributed by atoms with Crippen LogP contribution in [0.15, 0.2) is 29.3 Å². The molecule has 6 nitrogen and oxygen atoms in total. The fourth-order valence-electron chi connectivity index (χ4n) is 4.40. The second-order valence-electron chi connectivity index (χ2n) is 8.04. The molecular formula is C23H25N3O3S. The number of amides is 2. The zero-order valence-corrected chi connectivity index (χ0v) is 18.0. The van der Waals surface area contributed by atoms with Crippen LogP contribution in [0.25, 0.3) is 0 Å². The highest BCUT2D eigenvalue weighted by Gasteiger charge is 2.34. The fourth-order valence-corrected chi connectivity index (χ4v) is 5.81. The van der Waals surface area contributed by atoms with E-state index in [2.05, 4.69) is 31.2 Å². The number of fused-ring (bicyclic) bond motifs is 3. The summed E-state index contributed by atoms with van der Waals surface area (Å²) in [4.78, 5) is 35.6. The number of thiophene rings is 1. The highest BCUT2D eigenvalue weighted by atomic mass is 32.1. The third-order valence-corrected chi connectivity index (χ3v) is 7.36. The summed E-state index contributed by atoms with van der Waals surface area (Å²) in [5.74, 6) is -0.134. The van der Waals surface area contributed by atoms with E-state index in [1.54, 1.807) is 21.1 Å². The molecule has 0 unspecified atom stereocenters. The fraction of sp³-hybridized carbons (Fsp3) is 0.435. The molecule has 1 aliphatic carbocycles. The maximum absolute atomic E-state index is 13.1. The molecule has 3 aliphatic rings. The van der Waals surface area contributed by atoms with Crippen LogP contribution in [0.5, 0.6) is 0 Å². The van der Waals surface area contributed by atoms with Crippen LogP contribution in [-0.2, 0) is 27.2 Å². The number of benzene rings is 1. The third-order valence-electron chi connectivity index (χ3n) is 6.04. The van der Waals surface area contributed by atoms with Gasteiger partial charge in [0.1, 0.15) is 18.1 Å². The van der Waals surface area contributed by atoms with Crippen LogP contribution in [0.2, 0.25) is 0 Å². The summed E-state index contributed by atoms with van der Waals surface area (Å²) in [5, 5.41) is 0.892. The first-order valence-corrected chi connectivity index (χ1v) is 11.4. The van der Waals surface area contributed by atoms with E-state index in [-0.39, 0.29) is 24.9 Å². The van der Waals surface area contributed by atoms with Crippen LogP contribution >= 0.6 is 11.3 Å². The molecule has 5 rings (SSSR count). The number of anilines is 1. The molecule has 0 radical (unpaired) electrons. The van der Waals surface area contributed by atoms with Gasteiger partial charge in [-0.15, -0.1) is 11.3 Å². The lowest BCUT2D eigenvalue weighted by Gasteiger charge is -2.29. The van der Waals surface area contributed by atoms with E-state index in [1.807, 2.05) is 0 Å². The van der Waals surface area contributed by atoms with Gasteiger partial charge in [-0.1, -0.05) is 29.8 Å². The standard InChI is InChI=1S/C23H25N3O3S/c1-15-5-7-16(8-6-15)22-21-17-3-2-4-18(17)30-23(21)26(19(27)13-24-22)14-20(28)25-9-11-29-12-10-25/h5-8H,2-4,9-14H2,1H3. The van der Waals surface area contributed by atoms with Gasteiger partial charge in [0.15, 0.2) is 0 Å². The van der Waals surface area contributed by atoms with Gasteiger partial charge in [0.05, 0.1) is 18.9 Å². The molecule has 2 aromatic rings. The molecule has 1 aromatic heterocycles. The number of carbonyl (C=O) groups excluding carboxylic acids is 2. The molecule has 2 aliphatic heterocycles. The minimum Gasteiger partial charge on any atom is -0.378 e. The van der Waals surface area contributed by atoms with Crippen LogP contribution in [0.4, 0.5) is 5.00 Å². The highest BCUT2D eigenvalue weighted by Crippen LogP contribution is 2.43. The molecule has 0 N–H and O–H groups in total. The van der Waals surface area contributed by atoms with Gasteiger partial charge in [-0.3, -0.25) is 19.5 Å². The Morgan fingerprint density at radius 2 is 1.93 bits per heavy atom. The van der Waals surface area contributed by atoms with Crippen LogP contribution < -0.4 is 4.90 Å². The minimum absolute atomic E-state index is 0.0232. The van der Waals surface area contributed by atoms with Crippen LogP contribution in [0, 0.1) is 6.92 Å². The summed E-state index contributed by atoms with van der Waals surface area (Å²) in [6.45, 7) is 4.48. The highest BCUT2D eigenvalue weighted by molar-refractivity contribution is 7.17. The largest absolute Gasteiger partial charge is 0.378 e. The van der Waals surface area contributed by atoms with Crippen molar-refractivity contribution < 1.29 is 14.3 Å². The minimum atomic E-state index is -0.111. The molecule has 1 saturated heterocycles. The van der Waals surface area contributed by atoms with Crippen molar-refractivity contribution in [1.29, 1.82) is 0 Å². The Kier molecular flexibility index (Phi) is 5.16. The Hall–Kier alpha value is -2.51. The number of nitrogens with zero attached hydrogens (tertiary/aromatic N) is 3. The number of carbonyl (C=O) groups is 2. The molecule has 0 saturated carbocycles. The number of rotatable bonds is 3. The summed E-state index contributed by atoms with van der Waals surface area (Å²) in [6, 6.07) is 8.32. The molecule has 3 heterocycles. The van der Waals surface area contributed by atoms with Crippen molar-refractivity contribution in [1.82, 2.24) is 4.90 Å². The van der Waals surface area contributed by atoms with Gasteiger partial charge in [-0.05, 0) is 31.7 Å². The van der Waals surface area contributed by atoms with Gasteiger partial charge in [0, 0.05) is 29.1 Å². The van der Waals surface area contributed by atoms with Crippen molar-refractivity contribution in [2.75, 3.05) is 44.3 Å². The smallest absolute Gasteiger partial charge is 0.249 e. The van der Waals surface area contributed by atoms with E-state index in [0.717, 1.165) is 41.1 Å². The Labute approximate surface area is 180 Å². The lowest BCUT2D eigenvalue weighted by molar-refractivity contribution is -0.134. The molecule has 1 fully saturated rings. The number of ether oxygens (including phenoxy) is 1. The van der Waals surface area contributed by atoms with Gasteiger partial charge in [-0.2, -0.15) is 0 Å². The number of aryl methyl sites for hydroxylation is 2. The number of hydrogen-bond donors (Lipinski definition) is 0.